The van der Waals surface area contributed by atoms with Crippen LogP contribution in [0.2, 0.25) is 0 Å². The molecule has 2 aromatic heterocycles. The average Bonchev–Trinajstić information content (AvgIpc) is 2.83. The highest BCUT2D eigenvalue weighted by atomic mass is 15.1. The van der Waals surface area contributed by atoms with Crippen molar-refractivity contribution < 1.29 is 0 Å². The van der Waals surface area contributed by atoms with E-state index in [1.807, 2.05) is 18.3 Å². The van der Waals surface area contributed by atoms with Gasteiger partial charge in [0.2, 0.25) is 0 Å². The van der Waals surface area contributed by atoms with Gasteiger partial charge in [-0.1, -0.05) is 13.0 Å². The third kappa shape index (κ3) is 1.35. The molecule has 2 atom stereocenters. The molecule has 0 aliphatic carbocycles. The van der Waals surface area contributed by atoms with Gasteiger partial charge in [0.1, 0.15) is 5.65 Å². The Hall–Kier alpha value is -1.35. The fourth-order valence-corrected chi connectivity index (χ4v) is 2.41. The summed E-state index contributed by atoms with van der Waals surface area (Å²) in [5.74, 6) is 0.699. The smallest absolute Gasteiger partial charge is 0.136 e. The van der Waals surface area contributed by atoms with Gasteiger partial charge in [-0.15, -0.1) is 0 Å². The van der Waals surface area contributed by atoms with E-state index in [2.05, 4.69) is 33.9 Å². The maximum atomic E-state index is 4.42. The minimum atomic E-state index is 0.461. The van der Waals surface area contributed by atoms with Crippen LogP contribution in [0.1, 0.15) is 25.1 Å². The minimum absolute atomic E-state index is 0.461. The zero-order valence-corrected chi connectivity index (χ0v) is 8.85. The van der Waals surface area contributed by atoms with Crippen LogP contribution in [0.25, 0.3) is 5.65 Å². The van der Waals surface area contributed by atoms with E-state index >= 15 is 0 Å². The highest BCUT2D eigenvalue weighted by Gasteiger charge is 2.26. The van der Waals surface area contributed by atoms with Crippen LogP contribution in [0.15, 0.2) is 30.6 Å². The number of nitrogens with zero attached hydrogens (tertiary/aromatic N) is 2. The number of aromatic nitrogens is 2. The third-order valence-electron chi connectivity index (χ3n) is 3.30. The summed E-state index contributed by atoms with van der Waals surface area (Å²) in [5.41, 5.74) is 2.32. The Kier molecular flexibility index (Phi) is 1.99. The van der Waals surface area contributed by atoms with Crippen molar-refractivity contribution in [3.63, 3.8) is 0 Å². The van der Waals surface area contributed by atoms with Gasteiger partial charge >= 0.3 is 0 Å². The van der Waals surface area contributed by atoms with Crippen LogP contribution in [-0.2, 0) is 0 Å². The van der Waals surface area contributed by atoms with Crippen molar-refractivity contribution in [3.05, 3.63) is 36.3 Å². The van der Waals surface area contributed by atoms with Gasteiger partial charge in [-0.2, -0.15) is 0 Å². The summed E-state index contributed by atoms with van der Waals surface area (Å²) in [6.07, 6.45) is 5.34. The van der Waals surface area contributed by atoms with Crippen LogP contribution in [0, 0.1) is 5.92 Å². The van der Waals surface area contributed by atoms with Crippen LogP contribution in [-0.4, -0.2) is 15.9 Å². The van der Waals surface area contributed by atoms with Gasteiger partial charge in [0.15, 0.2) is 0 Å². The molecule has 0 bridgehead atoms. The van der Waals surface area contributed by atoms with E-state index < -0.39 is 0 Å². The predicted octanol–water partition coefficient (Wildman–Crippen LogP) is 2.00. The van der Waals surface area contributed by atoms with Gasteiger partial charge in [0.25, 0.3) is 0 Å². The molecule has 78 valence electrons. The van der Waals surface area contributed by atoms with Crippen LogP contribution in [0.4, 0.5) is 0 Å². The SMILES string of the molecule is C[C@@H]1CCN[C@H]1c1cnc2ccccn12. The van der Waals surface area contributed by atoms with E-state index in [-0.39, 0.29) is 0 Å². The summed E-state index contributed by atoms with van der Waals surface area (Å²) in [6.45, 7) is 3.42. The average molecular weight is 201 g/mol. The van der Waals surface area contributed by atoms with E-state index in [4.69, 9.17) is 0 Å². The molecule has 3 heteroatoms. The minimum Gasteiger partial charge on any atom is -0.308 e. The summed E-state index contributed by atoms with van der Waals surface area (Å²) >= 11 is 0. The second kappa shape index (κ2) is 3.35. The van der Waals surface area contributed by atoms with Gasteiger partial charge in [-0.3, -0.25) is 0 Å². The fraction of sp³-hybridized carbons (Fsp3) is 0.417. The van der Waals surface area contributed by atoms with E-state index in [0.717, 1.165) is 12.2 Å². The number of nitrogens with one attached hydrogen (secondary N) is 1. The molecule has 3 nitrogen and oxygen atoms in total. The molecule has 15 heavy (non-hydrogen) atoms. The van der Waals surface area contributed by atoms with Crippen LogP contribution in [0.3, 0.4) is 0 Å². The van der Waals surface area contributed by atoms with Crippen LogP contribution in [0.5, 0.6) is 0 Å². The highest BCUT2D eigenvalue weighted by Crippen LogP contribution is 2.29. The lowest BCUT2D eigenvalue weighted by Crippen LogP contribution is -2.18. The summed E-state index contributed by atoms with van der Waals surface area (Å²) < 4.78 is 2.18. The Morgan fingerprint density at radius 2 is 2.40 bits per heavy atom. The summed E-state index contributed by atoms with van der Waals surface area (Å²) in [7, 11) is 0. The zero-order valence-electron chi connectivity index (χ0n) is 8.85. The first-order valence-corrected chi connectivity index (χ1v) is 5.51. The van der Waals surface area contributed by atoms with Gasteiger partial charge in [0.05, 0.1) is 17.9 Å². The lowest BCUT2D eigenvalue weighted by atomic mass is 10.0. The van der Waals surface area contributed by atoms with Crippen molar-refractivity contribution in [2.75, 3.05) is 6.54 Å². The molecule has 0 aromatic carbocycles. The standard InChI is InChI=1S/C12H15N3/c1-9-5-6-13-12(9)10-8-14-11-4-2-3-7-15(10)11/h2-4,7-9,12-13H,5-6H2,1H3/t9-,12-/m1/s1. The summed E-state index contributed by atoms with van der Waals surface area (Å²) in [5, 5.41) is 3.54. The molecule has 3 rings (SSSR count). The number of fused-ring (bicyclic) bond motifs is 1. The number of imidazole rings is 1. The van der Waals surface area contributed by atoms with Crippen molar-refractivity contribution in [1.29, 1.82) is 0 Å². The first kappa shape index (κ1) is 8.92. The molecule has 2 aromatic rings. The van der Waals surface area contributed by atoms with E-state index in [9.17, 15) is 0 Å². The van der Waals surface area contributed by atoms with Crippen molar-refractivity contribution in [1.82, 2.24) is 14.7 Å². The second-order valence-electron chi connectivity index (χ2n) is 4.31. The maximum Gasteiger partial charge on any atom is 0.136 e. The van der Waals surface area contributed by atoms with Crippen LogP contribution >= 0.6 is 0 Å². The van der Waals surface area contributed by atoms with Gasteiger partial charge in [0, 0.05) is 6.20 Å². The Morgan fingerprint density at radius 3 is 3.20 bits per heavy atom. The topological polar surface area (TPSA) is 29.3 Å². The van der Waals surface area contributed by atoms with Gasteiger partial charge in [-0.05, 0) is 31.0 Å². The first-order chi connectivity index (χ1) is 7.36. The first-order valence-electron chi connectivity index (χ1n) is 5.51. The van der Waals surface area contributed by atoms with Crippen LogP contribution < -0.4 is 5.32 Å². The van der Waals surface area contributed by atoms with E-state index in [0.29, 0.717) is 12.0 Å². The molecule has 1 saturated heterocycles. The molecule has 1 aliphatic rings. The molecule has 0 saturated carbocycles. The largest absolute Gasteiger partial charge is 0.308 e. The molecule has 0 radical (unpaired) electrons. The second-order valence-corrected chi connectivity index (χ2v) is 4.31. The predicted molar refractivity (Wildman–Crippen MR) is 59.7 cm³/mol. The summed E-state index contributed by atoms with van der Waals surface area (Å²) in [4.78, 5) is 4.42. The molecule has 1 N–H and O–H groups in total. The van der Waals surface area contributed by atoms with E-state index in [1.165, 1.54) is 12.1 Å². The molecule has 1 aliphatic heterocycles. The van der Waals surface area contributed by atoms with E-state index in [1.54, 1.807) is 0 Å². The molecule has 0 amide bonds. The number of hydrogen-bond donors (Lipinski definition) is 1. The Bertz CT molecular complexity index is 474. The highest BCUT2D eigenvalue weighted by molar-refractivity contribution is 5.40. The number of hydrogen-bond acceptors (Lipinski definition) is 2. The molecular formula is C12H15N3. The Morgan fingerprint density at radius 1 is 1.47 bits per heavy atom. The Labute approximate surface area is 89.1 Å². The van der Waals surface area contributed by atoms with Gasteiger partial charge < -0.3 is 9.72 Å². The lowest BCUT2D eigenvalue weighted by Gasteiger charge is -2.14. The normalized spacial score (nSPS) is 26.2. The van der Waals surface area contributed by atoms with Crippen molar-refractivity contribution >= 4 is 5.65 Å². The molecule has 1 fully saturated rings. The number of pyridine rings is 1. The third-order valence-corrected chi connectivity index (χ3v) is 3.30. The fourth-order valence-electron chi connectivity index (χ4n) is 2.41. The lowest BCUT2D eigenvalue weighted by molar-refractivity contribution is 0.489. The van der Waals surface area contributed by atoms with Gasteiger partial charge in [-0.25, -0.2) is 4.98 Å². The molecule has 0 unspecified atom stereocenters. The summed E-state index contributed by atoms with van der Waals surface area (Å²) in [6, 6.07) is 6.58. The van der Waals surface area contributed by atoms with Crippen molar-refractivity contribution in [2.24, 2.45) is 5.92 Å². The number of rotatable bonds is 1. The van der Waals surface area contributed by atoms with Crippen molar-refractivity contribution in [2.45, 2.75) is 19.4 Å². The van der Waals surface area contributed by atoms with Crippen molar-refractivity contribution in [3.8, 4) is 0 Å². The monoisotopic (exact) mass is 201 g/mol. The Balaban J connectivity index is 2.10. The molecule has 0 spiro atoms. The maximum absolute atomic E-state index is 4.42. The quantitative estimate of drug-likeness (QED) is 0.764. The molecule has 3 heterocycles. The zero-order chi connectivity index (χ0) is 10.3. The molecular weight excluding hydrogens is 186 g/mol.